The summed E-state index contributed by atoms with van der Waals surface area (Å²) in [7, 11) is 0. The van der Waals surface area contributed by atoms with Crippen LogP contribution in [0.2, 0.25) is 0 Å². The maximum atomic E-state index is 14.0. The van der Waals surface area contributed by atoms with Crippen LogP contribution in [-0.4, -0.2) is 31.3 Å². The zero-order chi connectivity index (χ0) is 14.1. The van der Waals surface area contributed by atoms with Gasteiger partial charge in [-0.2, -0.15) is 0 Å². The van der Waals surface area contributed by atoms with Gasteiger partial charge in [0.2, 0.25) is 0 Å². The molecule has 0 aliphatic heterocycles. The summed E-state index contributed by atoms with van der Waals surface area (Å²) in [5, 5.41) is 12.2. The molecule has 0 saturated carbocycles. The van der Waals surface area contributed by atoms with Crippen LogP contribution in [0.25, 0.3) is 0 Å². The number of benzene rings is 1. The Hall–Kier alpha value is -1.13. The maximum Gasteiger partial charge on any atom is 0.129 e. The molecule has 3 nitrogen and oxygen atoms in total. The molecule has 0 bridgehead atoms. The second-order valence-corrected chi connectivity index (χ2v) is 4.57. The Labute approximate surface area is 115 Å². The molecule has 0 aliphatic carbocycles. The van der Waals surface area contributed by atoms with Crippen molar-refractivity contribution >= 4 is 5.69 Å². The van der Waals surface area contributed by atoms with E-state index in [0.29, 0.717) is 13.0 Å². The minimum Gasteiger partial charge on any atom is -0.396 e. The van der Waals surface area contributed by atoms with Crippen molar-refractivity contribution in [2.75, 3.05) is 31.1 Å². The average molecular weight is 268 g/mol. The van der Waals surface area contributed by atoms with Crippen LogP contribution >= 0.6 is 0 Å². The quantitative estimate of drug-likeness (QED) is 0.676. The number of rotatable bonds is 9. The minimum atomic E-state index is -0.163. The van der Waals surface area contributed by atoms with Crippen molar-refractivity contribution in [1.29, 1.82) is 0 Å². The van der Waals surface area contributed by atoms with Gasteiger partial charge in [-0.15, -0.1) is 0 Å². The Morgan fingerprint density at radius 1 is 1.32 bits per heavy atom. The third-order valence-electron chi connectivity index (χ3n) is 3.13. The molecule has 108 valence electrons. The van der Waals surface area contributed by atoms with Gasteiger partial charge in [-0.25, -0.2) is 4.39 Å². The van der Waals surface area contributed by atoms with Crippen molar-refractivity contribution in [3.8, 4) is 0 Å². The lowest BCUT2D eigenvalue weighted by Gasteiger charge is -2.26. The first-order chi connectivity index (χ1) is 9.24. The number of nitrogens with one attached hydrogen (secondary N) is 1. The van der Waals surface area contributed by atoms with Crippen LogP contribution in [0.5, 0.6) is 0 Å². The summed E-state index contributed by atoms with van der Waals surface area (Å²) in [6, 6.07) is 5.20. The Balaban J connectivity index is 2.87. The molecule has 0 unspecified atom stereocenters. The predicted octanol–water partition coefficient (Wildman–Crippen LogP) is 2.53. The van der Waals surface area contributed by atoms with E-state index in [1.165, 1.54) is 6.07 Å². The van der Waals surface area contributed by atoms with E-state index in [-0.39, 0.29) is 12.4 Å². The lowest BCUT2D eigenvalue weighted by atomic mass is 10.1. The van der Waals surface area contributed by atoms with Crippen molar-refractivity contribution in [3.63, 3.8) is 0 Å². The van der Waals surface area contributed by atoms with Gasteiger partial charge in [0.15, 0.2) is 0 Å². The number of aliphatic hydroxyl groups is 1. The Kier molecular flexibility index (Phi) is 7.45. The summed E-state index contributed by atoms with van der Waals surface area (Å²) in [5.74, 6) is -0.163. The Morgan fingerprint density at radius 3 is 2.74 bits per heavy atom. The van der Waals surface area contributed by atoms with Gasteiger partial charge in [0.25, 0.3) is 0 Å². The molecular formula is C15H25FN2O. The van der Waals surface area contributed by atoms with Crippen LogP contribution in [-0.2, 0) is 6.54 Å². The largest absolute Gasteiger partial charge is 0.396 e. The van der Waals surface area contributed by atoms with E-state index in [0.717, 1.165) is 37.3 Å². The lowest BCUT2D eigenvalue weighted by molar-refractivity contribution is 0.289. The molecule has 0 amide bonds. The van der Waals surface area contributed by atoms with Crippen molar-refractivity contribution in [2.45, 2.75) is 33.2 Å². The van der Waals surface area contributed by atoms with E-state index in [1.54, 1.807) is 6.07 Å². The first-order valence-corrected chi connectivity index (χ1v) is 7.08. The molecule has 0 aromatic heterocycles. The van der Waals surface area contributed by atoms with Gasteiger partial charge in [0, 0.05) is 37.5 Å². The van der Waals surface area contributed by atoms with E-state index >= 15 is 0 Å². The maximum absolute atomic E-state index is 14.0. The molecule has 1 aromatic rings. The van der Waals surface area contributed by atoms with Gasteiger partial charge < -0.3 is 15.3 Å². The number of halogens is 1. The van der Waals surface area contributed by atoms with Crippen LogP contribution in [0.4, 0.5) is 10.1 Å². The fourth-order valence-corrected chi connectivity index (χ4v) is 2.12. The topological polar surface area (TPSA) is 35.5 Å². The van der Waals surface area contributed by atoms with Crippen LogP contribution < -0.4 is 10.2 Å². The molecule has 0 saturated heterocycles. The van der Waals surface area contributed by atoms with Crippen LogP contribution in [0.3, 0.4) is 0 Å². The van der Waals surface area contributed by atoms with Crippen LogP contribution in [0.15, 0.2) is 18.2 Å². The standard InChI is InChI=1S/C15H25FN2O/c1-3-9-17-12-13-14(16)7-5-8-15(13)18(4-2)10-6-11-19/h5,7-8,17,19H,3-4,6,9-12H2,1-2H3. The van der Waals surface area contributed by atoms with E-state index in [4.69, 9.17) is 5.11 Å². The molecule has 0 radical (unpaired) electrons. The summed E-state index contributed by atoms with van der Waals surface area (Å²) in [4.78, 5) is 2.11. The zero-order valence-electron chi connectivity index (χ0n) is 12.0. The zero-order valence-corrected chi connectivity index (χ0v) is 12.0. The smallest absolute Gasteiger partial charge is 0.129 e. The fourth-order valence-electron chi connectivity index (χ4n) is 2.12. The normalized spacial score (nSPS) is 10.7. The van der Waals surface area contributed by atoms with Crippen molar-refractivity contribution in [3.05, 3.63) is 29.6 Å². The second-order valence-electron chi connectivity index (χ2n) is 4.57. The first kappa shape index (κ1) is 15.9. The van der Waals surface area contributed by atoms with Gasteiger partial charge in [0.1, 0.15) is 5.82 Å². The molecule has 19 heavy (non-hydrogen) atoms. The van der Waals surface area contributed by atoms with E-state index < -0.39 is 0 Å². The number of hydrogen-bond acceptors (Lipinski definition) is 3. The van der Waals surface area contributed by atoms with E-state index in [1.807, 2.05) is 13.0 Å². The van der Waals surface area contributed by atoms with Crippen LogP contribution in [0, 0.1) is 5.82 Å². The van der Waals surface area contributed by atoms with E-state index in [2.05, 4.69) is 17.1 Å². The molecule has 0 fully saturated rings. The highest BCUT2D eigenvalue weighted by Crippen LogP contribution is 2.23. The molecule has 1 rings (SSSR count). The Morgan fingerprint density at radius 2 is 2.11 bits per heavy atom. The highest BCUT2D eigenvalue weighted by molar-refractivity contribution is 5.54. The number of aliphatic hydroxyl groups excluding tert-OH is 1. The molecule has 1 aromatic carbocycles. The van der Waals surface area contributed by atoms with Crippen molar-refractivity contribution < 1.29 is 9.50 Å². The SMILES string of the molecule is CCCNCc1c(F)cccc1N(CC)CCCO. The van der Waals surface area contributed by atoms with Gasteiger partial charge >= 0.3 is 0 Å². The average Bonchev–Trinajstić information content (AvgIpc) is 2.42. The molecule has 0 atom stereocenters. The molecule has 0 heterocycles. The minimum absolute atomic E-state index is 0.162. The van der Waals surface area contributed by atoms with Crippen molar-refractivity contribution in [1.82, 2.24) is 5.32 Å². The number of anilines is 1. The van der Waals surface area contributed by atoms with Gasteiger partial charge in [-0.1, -0.05) is 13.0 Å². The molecule has 4 heteroatoms. The highest BCUT2D eigenvalue weighted by atomic mass is 19.1. The number of nitrogens with zero attached hydrogens (tertiary/aromatic N) is 1. The summed E-state index contributed by atoms with van der Waals surface area (Å²) in [6.07, 6.45) is 1.73. The predicted molar refractivity (Wildman–Crippen MR) is 78.0 cm³/mol. The highest BCUT2D eigenvalue weighted by Gasteiger charge is 2.13. The van der Waals surface area contributed by atoms with Crippen LogP contribution in [0.1, 0.15) is 32.3 Å². The summed E-state index contributed by atoms with van der Waals surface area (Å²) < 4.78 is 14.0. The molecule has 0 aliphatic rings. The number of hydrogen-bond donors (Lipinski definition) is 2. The summed E-state index contributed by atoms with van der Waals surface area (Å²) in [5.41, 5.74) is 1.65. The summed E-state index contributed by atoms with van der Waals surface area (Å²) in [6.45, 7) is 7.29. The van der Waals surface area contributed by atoms with Crippen molar-refractivity contribution in [2.24, 2.45) is 0 Å². The molecule has 0 spiro atoms. The first-order valence-electron chi connectivity index (χ1n) is 7.08. The Bertz CT molecular complexity index is 371. The fraction of sp³-hybridized carbons (Fsp3) is 0.600. The molecule has 2 N–H and O–H groups in total. The monoisotopic (exact) mass is 268 g/mol. The molecular weight excluding hydrogens is 243 g/mol. The van der Waals surface area contributed by atoms with Gasteiger partial charge in [-0.05, 0) is 38.4 Å². The third-order valence-corrected chi connectivity index (χ3v) is 3.13. The van der Waals surface area contributed by atoms with E-state index in [9.17, 15) is 4.39 Å². The van der Waals surface area contributed by atoms with Gasteiger partial charge in [0.05, 0.1) is 0 Å². The third kappa shape index (κ3) is 4.80. The van der Waals surface area contributed by atoms with Gasteiger partial charge in [-0.3, -0.25) is 0 Å². The lowest BCUT2D eigenvalue weighted by Crippen LogP contribution is -2.27. The second kappa shape index (κ2) is 8.88. The summed E-state index contributed by atoms with van der Waals surface area (Å²) >= 11 is 0.